The molecule has 0 aromatic heterocycles. The molecule has 3 atom stereocenters. The van der Waals surface area contributed by atoms with Gasteiger partial charge in [-0.05, 0) is 32.2 Å². The van der Waals surface area contributed by atoms with Crippen molar-refractivity contribution in [1.82, 2.24) is 5.32 Å². The summed E-state index contributed by atoms with van der Waals surface area (Å²) in [6.07, 6.45) is 5.89. The second-order valence-corrected chi connectivity index (χ2v) is 3.99. The van der Waals surface area contributed by atoms with Crippen LogP contribution in [0, 0.1) is 0 Å². The smallest absolute Gasteiger partial charge is 0.0840 e. The minimum atomic E-state index is 0.348. The average Bonchev–Trinajstić information content (AvgIpc) is 2.76. The Morgan fingerprint density at radius 1 is 1.15 bits per heavy atom. The number of hydrogen-bond acceptors (Lipinski definition) is 3. The summed E-state index contributed by atoms with van der Waals surface area (Å²) in [5.41, 5.74) is 0. The normalized spacial score (nSPS) is 39.9. The molecule has 1 saturated carbocycles. The molecule has 3 nitrogen and oxygen atoms in total. The van der Waals surface area contributed by atoms with E-state index in [9.17, 15) is 0 Å². The predicted molar refractivity (Wildman–Crippen MR) is 50.8 cm³/mol. The van der Waals surface area contributed by atoms with Crippen molar-refractivity contribution in [3.05, 3.63) is 0 Å². The lowest BCUT2D eigenvalue weighted by Gasteiger charge is -2.22. The molecule has 0 bridgehead atoms. The largest absolute Gasteiger partial charge is 0.379 e. The lowest BCUT2D eigenvalue weighted by atomic mass is 10.2. The Morgan fingerprint density at radius 2 is 2.00 bits per heavy atom. The van der Waals surface area contributed by atoms with Crippen LogP contribution in [-0.2, 0) is 9.47 Å². The highest BCUT2D eigenvalue weighted by molar-refractivity contribution is 4.82. The number of ether oxygens (including phenoxy) is 2. The molecular weight excluding hydrogens is 166 g/mol. The van der Waals surface area contributed by atoms with Gasteiger partial charge in [0.2, 0.25) is 0 Å². The zero-order valence-electron chi connectivity index (χ0n) is 8.29. The zero-order chi connectivity index (χ0) is 9.10. The fraction of sp³-hybridized carbons (Fsp3) is 1.00. The third kappa shape index (κ3) is 2.22. The molecule has 2 rings (SSSR count). The molecule has 0 spiro atoms. The van der Waals surface area contributed by atoms with Crippen LogP contribution < -0.4 is 5.32 Å². The van der Waals surface area contributed by atoms with Gasteiger partial charge in [-0.15, -0.1) is 0 Å². The van der Waals surface area contributed by atoms with Crippen LogP contribution in [0.2, 0.25) is 0 Å². The Balaban J connectivity index is 1.79. The molecule has 1 heterocycles. The summed E-state index contributed by atoms with van der Waals surface area (Å²) in [6, 6.07) is 0. The van der Waals surface area contributed by atoms with Crippen molar-refractivity contribution < 1.29 is 9.47 Å². The molecular formula is C10H19NO2. The van der Waals surface area contributed by atoms with Gasteiger partial charge in [0.15, 0.2) is 0 Å². The quantitative estimate of drug-likeness (QED) is 0.709. The first kappa shape index (κ1) is 9.44. The van der Waals surface area contributed by atoms with Gasteiger partial charge in [0.05, 0.1) is 18.3 Å². The van der Waals surface area contributed by atoms with Gasteiger partial charge in [-0.25, -0.2) is 0 Å². The van der Waals surface area contributed by atoms with Gasteiger partial charge in [-0.3, -0.25) is 0 Å². The van der Waals surface area contributed by atoms with Crippen molar-refractivity contribution in [2.24, 2.45) is 0 Å². The van der Waals surface area contributed by atoms with E-state index in [2.05, 4.69) is 5.32 Å². The van der Waals surface area contributed by atoms with E-state index in [0.29, 0.717) is 18.3 Å². The van der Waals surface area contributed by atoms with E-state index in [4.69, 9.17) is 9.47 Å². The molecule has 0 aromatic rings. The van der Waals surface area contributed by atoms with E-state index in [1.807, 2.05) is 0 Å². The molecule has 76 valence electrons. The molecule has 3 unspecified atom stereocenters. The molecule has 1 aliphatic carbocycles. The molecule has 0 radical (unpaired) electrons. The summed E-state index contributed by atoms with van der Waals surface area (Å²) in [5.74, 6) is 0. The van der Waals surface area contributed by atoms with Crippen LogP contribution in [0.5, 0.6) is 0 Å². The summed E-state index contributed by atoms with van der Waals surface area (Å²) in [5, 5.41) is 3.31. The first-order chi connectivity index (χ1) is 6.40. The second kappa shape index (κ2) is 4.40. The molecule has 1 N–H and O–H groups in total. The van der Waals surface area contributed by atoms with Crippen molar-refractivity contribution in [1.29, 1.82) is 0 Å². The highest BCUT2D eigenvalue weighted by atomic mass is 16.5. The molecule has 2 fully saturated rings. The molecule has 1 aliphatic heterocycles. The van der Waals surface area contributed by atoms with Crippen molar-refractivity contribution in [2.45, 2.75) is 44.0 Å². The van der Waals surface area contributed by atoms with E-state index in [0.717, 1.165) is 19.5 Å². The van der Waals surface area contributed by atoms with E-state index >= 15 is 0 Å². The first-order valence-corrected chi connectivity index (χ1v) is 5.29. The minimum absolute atomic E-state index is 0.348. The van der Waals surface area contributed by atoms with Crippen molar-refractivity contribution >= 4 is 0 Å². The number of nitrogens with one attached hydrogen (secondary N) is 1. The lowest BCUT2D eigenvalue weighted by molar-refractivity contribution is -0.0680. The minimum Gasteiger partial charge on any atom is -0.379 e. The number of rotatable bonds is 3. The Kier molecular flexibility index (Phi) is 3.19. The van der Waals surface area contributed by atoms with Gasteiger partial charge in [-0.2, -0.15) is 0 Å². The van der Waals surface area contributed by atoms with Crippen molar-refractivity contribution in [3.8, 4) is 0 Å². The molecule has 2 aliphatic rings. The molecule has 1 saturated heterocycles. The van der Waals surface area contributed by atoms with Crippen LogP contribution in [0.4, 0.5) is 0 Å². The topological polar surface area (TPSA) is 30.5 Å². The summed E-state index contributed by atoms with van der Waals surface area (Å²) >= 11 is 0. The summed E-state index contributed by atoms with van der Waals surface area (Å²) < 4.78 is 11.4. The van der Waals surface area contributed by atoms with E-state index in [-0.39, 0.29) is 0 Å². The van der Waals surface area contributed by atoms with Gasteiger partial charge >= 0.3 is 0 Å². The highest BCUT2D eigenvalue weighted by Gasteiger charge is 2.30. The number of hydrogen-bond donors (Lipinski definition) is 1. The number of methoxy groups -OCH3 is 1. The van der Waals surface area contributed by atoms with Crippen LogP contribution >= 0.6 is 0 Å². The summed E-state index contributed by atoms with van der Waals surface area (Å²) in [7, 11) is 1.79. The summed E-state index contributed by atoms with van der Waals surface area (Å²) in [6.45, 7) is 2.13. The van der Waals surface area contributed by atoms with Crippen LogP contribution in [-0.4, -0.2) is 38.5 Å². The molecule has 13 heavy (non-hydrogen) atoms. The third-order valence-corrected chi connectivity index (χ3v) is 3.08. The molecule has 3 heteroatoms. The SMILES string of the molecule is COC1CCCC1OC1CCNC1. The van der Waals surface area contributed by atoms with Crippen LogP contribution in [0.25, 0.3) is 0 Å². The Morgan fingerprint density at radius 3 is 2.69 bits per heavy atom. The van der Waals surface area contributed by atoms with Crippen LogP contribution in [0.15, 0.2) is 0 Å². The zero-order valence-corrected chi connectivity index (χ0v) is 8.29. The fourth-order valence-electron chi connectivity index (χ4n) is 2.31. The summed E-state index contributed by atoms with van der Waals surface area (Å²) in [4.78, 5) is 0. The first-order valence-electron chi connectivity index (χ1n) is 5.29. The van der Waals surface area contributed by atoms with E-state index < -0.39 is 0 Å². The van der Waals surface area contributed by atoms with Gasteiger partial charge in [0.25, 0.3) is 0 Å². The van der Waals surface area contributed by atoms with E-state index in [1.165, 1.54) is 19.3 Å². The highest BCUT2D eigenvalue weighted by Crippen LogP contribution is 2.26. The standard InChI is InChI=1S/C10H19NO2/c1-12-9-3-2-4-10(9)13-8-5-6-11-7-8/h8-11H,2-7H2,1H3. The van der Waals surface area contributed by atoms with E-state index in [1.54, 1.807) is 7.11 Å². The Labute approximate surface area is 79.8 Å². The predicted octanol–water partition coefficient (Wildman–Crippen LogP) is 0.932. The van der Waals surface area contributed by atoms with Crippen molar-refractivity contribution in [3.63, 3.8) is 0 Å². The van der Waals surface area contributed by atoms with Gasteiger partial charge in [0, 0.05) is 13.7 Å². The average molecular weight is 185 g/mol. The maximum atomic E-state index is 5.99. The maximum Gasteiger partial charge on any atom is 0.0840 e. The Bertz CT molecular complexity index is 157. The lowest BCUT2D eigenvalue weighted by Crippen LogP contribution is -2.30. The Hall–Kier alpha value is -0.120. The third-order valence-electron chi connectivity index (χ3n) is 3.08. The van der Waals surface area contributed by atoms with Gasteiger partial charge < -0.3 is 14.8 Å². The van der Waals surface area contributed by atoms with Crippen LogP contribution in [0.3, 0.4) is 0 Å². The fourth-order valence-corrected chi connectivity index (χ4v) is 2.31. The van der Waals surface area contributed by atoms with Gasteiger partial charge in [-0.1, -0.05) is 0 Å². The van der Waals surface area contributed by atoms with Gasteiger partial charge in [0.1, 0.15) is 0 Å². The molecule has 0 aromatic carbocycles. The maximum absolute atomic E-state index is 5.99. The van der Waals surface area contributed by atoms with Crippen LogP contribution in [0.1, 0.15) is 25.7 Å². The molecule has 0 amide bonds. The monoisotopic (exact) mass is 185 g/mol. The van der Waals surface area contributed by atoms with Crippen molar-refractivity contribution in [2.75, 3.05) is 20.2 Å². The second-order valence-electron chi connectivity index (χ2n) is 3.99.